The van der Waals surface area contributed by atoms with E-state index in [1.165, 1.54) is 11.1 Å². The van der Waals surface area contributed by atoms with Crippen LogP contribution in [0.25, 0.3) is 0 Å². The minimum absolute atomic E-state index is 0.0428. The Labute approximate surface area is 370 Å². The van der Waals surface area contributed by atoms with Gasteiger partial charge in [-0.2, -0.15) is 5.26 Å². The summed E-state index contributed by atoms with van der Waals surface area (Å²) in [4.78, 5) is 39.2. The van der Waals surface area contributed by atoms with Crippen molar-refractivity contribution < 1.29 is 14.3 Å². The summed E-state index contributed by atoms with van der Waals surface area (Å²) in [6, 6.07) is 16.1. The second-order valence-electron chi connectivity index (χ2n) is 17.8. The fraction of sp³-hybridized carbons (Fsp3) is 0.644. The van der Waals surface area contributed by atoms with Crippen molar-refractivity contribution in [1.29, 1.82) is 5.26 Å². The number of halogens is 1. The van der Waals surface area contributed by atoms with Crippen LogP contribution in [0.4, 0.5) is 0 Å². The number of carbonyl (C=O) groups excluding carboxylic acids is 2. The molecular formula is C45H64ClN11O3S. The Kier molecular flexibility index (Phi) is 14.6. The molecule has 0 radical (unpaired) electrons. The molecule has 2 aromatic rings. The maximum atomic E-state index is 13.2. The Morgan fingerprint density at radius 1 is 0.967 bits per heavy atom. The second-order valence-corrected chi connectivity index (χ2v) is 19.7. The molecular weight excluding hydrogens is 810 g/mol. The average molecular weight is 875 g/mol. The van der Waals surface area contributed by atoms with Gasteiger partial charge in [0.15, 0.2) is 0 Å². The fourth-order valence-electron chi connectivity index (χ4n) is 10.2. The molecule has 6 N–H and O–H groups in total. The van der Waals surface area contributed by atoms with Crippen LogP contribution in [0.3, 0.4) is 0 Å². The lowest BCUT2D eigenvalue weighted by atomic mass is 9.84. The molecule has 9 atom stereocenters. The van der Waals surface area contributed by atoms with Crippen molar-refractivity contribution in [2.45, 2.75) is 132 Å². The number of carbonyl (C=O) groups is 2. The molecule has 0 aromatic heterocycles. The molecule has 2 amide bonds. The summed E-state index contributed by atoms with van der Waals surface area (Å²) in [6.07, 6.45) is 6.88. The highest BCUT2D eigenvalue weighted by molar-refractivity contribution is 8.00. The van der Waals surface area contributed by atoms with E-state index in [1.807, 2.05) is 18.7 Å². The summed E-state index contributed by atoms with van der Waals surface area (Å²) >= 11 is 8.23. The molecule has 6 aliphatic rings. The molecule has 5 aliphatic heterocycles. The summed E-state index contributed by atoms with van der Waals surface area (Å²) in [5, 5.41) is 16.6. The number of aliphatic imine (C=N–C) groups is 1. The third-order valence-electron chi connectivity index (χ3n) is 13.9. The van der Waals surface area contributed by atoms with E-state index in [9.17, 15) is 9.59 Å². The zero-order chi connectivity index (χ0) is 42.6. The summed E-state index contributed by atoms with van der Waals surface area (Å²) in [5.41, 5.74) is 17.8. The molecule has 4 saturated heterocycles. The third kappa shape index (κ3) is 10.2. The van der Waals surface area contributed by atoms with Crippen molar-refractivity contribution in [3.8, 4) is 11.8 Å². The highest BCUT2D eigenvalue weighted by atomic mass is 35.5. The number of hydrogen-bond donors (Lipinski definition) is 6. The maximum absolute atomic E-state index is 13.2. The van der Waals surface area contributed by atoms with Crippen LogP contribution in [0, 0.1) is 23.2 Å². The van der Waals surface area contributed by atoms with Crippen molar-refractivity contribution in [2.24, 2.45) is 16.8 Å². The predicted octanol–water partition coefficient (Wildman–Crippen LogP) is 3.95. The third-order valence-corrected chi connectivity index (χ3v) is 15.9. The lowest BCUT2D eigenvalue weighted by Gasteiger charge is -2.42. The number of amides is 2. The molecule has 0 spiro atoms. The Morgan fingerprint density at radius 3 is 2.43 bits per heavy atom. The van der Waals surface area contributed by atoms with Crippen LogP contribution in [-0.4, -0.2) is 125 Å². The van der Waals surface area contributed by atoms with Crippen LogP contribution in [0.15, 0.2) is 47.5 Å². The van der Waals surface area contributed by atoms with E-state index < -0.39 is 0 Å². The number of thioether (sulfide) groups is 1. The summed E-state index contributed by atoms with van der Waals surface area (Å²) < 4.78 is 6.13. The number of piperazine rings is 1. The summed E-state index contributed by atoms with van der Waals surface area (Å²) in [6.45, 7) is 14.5. The Morgan fingerprint density at radius 2 is 1.74 bits per heavy atom. The zero-order valence-corrected chi connectivity index (χ0v) is 37.6. The molecule has 2 aromatic carbocycles. The van der Waals surface area contributed by atoms with Crippen LogP contribution in [0.2, 0.25) is 5.02 Å². The van der Waals surface area contributed by atoms with Crippen molar-refractivity contribution >= 4 is 40.9 Å². The number of rotatable bonds is 12. The number of fused-ring (bicyclic) bond motifs is 3. The number of nitriles is 1. The largest absolute Gasteiger partial charge is 0.490 e. The highest BCUT2D eigenvalue weighted by Gasteiger charge is 2.53. The van der Waals surface area contributed by atoms with Gasteiger partial charge in [-0.1, -0.05) is 49.7 Å². The van der Waals surface area contributed by atoms with Gasteiger partial charge in [0.05, 0.1) is 53.0 Å². The first-order chi connectivity index (χ1) is 29.6. The van der Waals surface area contributed by atoms with Gasteiger partial charge in [0.2, 0.25) is 11.8 Å². The Hall–Kier alpha value is -3.30. The number of ether oxygens (including phenoxy) is 1. The highest BCUT2D eigenvalue weighted by Crippen LogP contribution is 2.49. The van der Waals surface area contributed by atoms with Gasteiger partial charge in [-0.15, -0.1) is 11.8 Å². The monoisotopic (exact) mass is 873 g/mol. The molecule has 61 heavy (non-hydrogen) atoms. The predicted molar refractivity (Wildman–Crippen MR) is 241 cm³/mol. The van der Waals surface area contributed by atoms with Crippen molar-refractivity contribution in [3.63, 3.8) is 0 Å². The quantitative estimate of drug-likeness (QED) is 0.183. The molecule has 5 heterocycles. The first-order valence-corrected chi connectivity index (χ1v) is 23.9. The Balaban J connectivity index is 0.775. The minimum Gasteiger partial charge on any atom is -0.490 e. The van der Waals surface area contributed by atoms with Crippen LogP contribution < -0.4 is 37.1 Å². The topological polar surface area (TPSA) is 161 Å². The number of hydrazine groups is 2. The minimum atomic E-state index is -0.247. The first kappa shape index (κ1) is 44.3. The van der Waals surface area contributed by atoms with Crippen molar-refractivity contribution in [2.75, 3.05) is 39.3 Å². The lowest BCUT2D eigenvalue weighted by Crippen LogP contribution is -2.64. The van der Waals surface area contributed by atoms with Crippen molar-refractivity contribution in [1.82, 2.24) is 47.0 Å². The molecule has 1 aliphatic carbocycles. The van der Waals surface area contributed by atoms with Crippen LogP contribution in [0.1, 0.15) is 89.3 Å². The second kappa shape index (κ2) is 20.0. The number of nitrogens with one attached hydrogen (secondary N) is 6. The molecule has 330 valence electrons. The number of hydrogen-bond acceptors (Lipinski definition) is 13. The fourth-order valence-corrected chi connectivity index (χ4v) is 12.2. The van der Waals surface area contributed by atoms with E-state index in [2.05, 4.69) is 98.1 Å². The molecule has 5 fully saturated rings. The van der Waals surface area contributed by atoms with Gasteiger partial charge < -0.3 is 20.3 Å². The molecule has 14 nitrogen and oxygen atoms in total. The van der Waals surface area contributed by atoms with Gasteiger partial charge in [0, 0.05) is 68.3 Å². The van der Waals surface area contributed by atoms with E-state index in [0.29, 0.717) is 40.5 Å². The normalized spacial score (nSPS) is 33.4. The first-order valence-electron chi connectivity index (χ1n) is 22.6. The number of nitrogens with zero attached hydrogens (tertiary/aromatic N) is 5. The van der Waals surface area contributed by atoms with Gasteiger partial charge in [0.25, 0.3) is 0 Å². The standard InChI is InChI=1S/C45H64ClN11O3S/c1-5-48-40(58)25-38-43-54-51-29(4)57(43)45-41(27(2)28(3)61-45)42(50-38)31-8-6-30(7-9-31)18-19-55-20-22-56(23-21-55)39-17-16-37(52-53-39)44(59)49-33-11-14-34(15-12-33)60-35-13-10-32(26-47)36(46)24-35/h6-10,13,24,27-29,33-34,37-39,41,43,45,51-54H,5,11-12,14-23,25H2,1-4H3,(H,48,58)(H,49,59)/t27?,28?,29?,33?,34?,37?,38-,39?,41?,43?,45?/m1/s1. The van der Waals surface area contributed by atoms with Crippen LogP contribution in [0.5, 0.6) is 5.75 Å². The van der Waals surface area contributed by atoms with E-state index in [-0.39, 0.29) is 65.8 Å². The van der Waals surface area contributed by atoms with Gasteiger partial charge in [-0.3, -0.25) is 24.4 Å². The Bertz CT molecular complexity index is 1910. The molecule has 8 unspecified atom stereocenters. The van der Waals surface area contributed by atoms with Crippen molar-refractivity contribution in [3.05, 3.63) is 64.2 Å². The lowest BCUT2D eigenvalue weighted by molar-refractivity contribution is -0.126. The number of benzene rings is 2. The van der Waals surface area contributed by atoms with E-state index in [0.717, 1.165) is 83.4 Å². The van der Waals surface area contributed by atoms with Crippen LogP contribution in [-0.2, 0) is 16.0 Å². The average Bonchev–Trinajstić information content (AvgIpc) is 3.75. The van der Waals surface area contributed by atoms with Gasteiger partial charge in [0.1, 0.15) is 17.9 Å². The van der Waals surface area contributed by atoms with Gasteiger partial charge in [-0.05, 0) is 88.0 Å². The zero-order valence-electron chi connectivity index (χ0n) is 36.0. The van der Waals surface area contributed by atoms with Gasteiger partial charge >= 0.3 is 0 Å². The van der Waals surface area contributed by atoms with Crippen LogP contribution >= 0.6 is 23.4 Å². The van der Waals surface area contributed by atoms with E-state index in [1.54, 1.807) is 18.2 Å². The molecule has 1 saturated carbocycles. The molecule has 16 heteroatoms. The summed E-state index contributed by atoms with van der Waals surface area (Å²) in [7, 11) is 0. The maximum Gasteiger partial charge on any atom is 0.238 e. The summed E-state index contributed by atoms with van der Waals surface area (Å²) in [5.74, 6) is 1.50. The van der Waals surface area contributed by atoms with Gasteiger partial charge in [-0.25, -0.2) is 21.7 Å². The molecule has 0 bridgehead atoms. The molecule has 8 rings (SSSR count). The van der Waals surface area contributed by atoms with E-state index >= 15 is 0 Å². The SMILES string of the molecule is CCNC(=O)C[C@H]1N=C(c2ccc(CCN3CCN(C4CCC(C(=O)NC5CCC(Oc6ccc(C#N)c(Cl)c6)CC5)NN4)CC3)cc2)C2C(C)C(C)SC2N2C(C)NNC12. The van der Waals surface area contributed by atoms with E-state index in [4.69, 9.17) is 26.6 Å². The smallest absolute Gasteiger partial charge is 0.238 e.